The number of hydrogen-bond donors (Lipinski definition) is 1. The Hall–Kier alpha value is -1.27. The van der Waals surface area contributed by atoms with Crippen LogP contribution in [0.2, 0.25) is 5.02 Å². The SMILES string of the molecule is CCCCC(CC)CNC(=O)CCCN(c1ccccc1Cl)S(C)(=O)=O. The standard InChI is InChI=1S/C19H31ClN2O3S/c1-4-6-10-16(5-2)15-21-19(23)13-9-14-22(26(3,24)25)18-12-8-7-11-17(18)20/h7-8,11-12,16H,4-6,9-10,13-15H2,1-3H3,(H,21,23). The van der Waals surface area contributed by atoms with Crippen LogP contribution in [0.5, 0.6) is 0 Å². The lowest BCUT2D eigenvalue weighted by molar-refractivity contribution is -0.121. The summed E-state index contributed by atoms with van der Waals surface area (Å²) in [5.74, 6) is 0.474. The smallest absolute Gasteiger partial charge is 0.232 e. The molecule has 0 aliphatic rings. The molecule has 1 aromatic rings. The number of nitrogens with one attached hydrogen (secondary N) is 1. The maximum atomic E-state index is 12.1. The van der Waals surface area contributed by atoms with E-state index < -0.39 is 10.0 Å². The summed E-state index contributed by atoms with van der Waals surface area (Å²) in [4.78, 5) is 12.1. The average Bonchev–Trinajstić information content (AvgIpc) is 2.59. The first-order valence-corrected chi connectivity index (χ1v) is 11.5. The molecule has 148 valence electrons. The van der Waals surface area contributed by atoms with Crippen LogP contribution in [0.25, 0.3) is 0 Å². The van der Waals surface area contributed by atoms with Crippen molar-refractivity contribution < 1.29 is 13.2 Å². The van der Waals surface area contributed by atoms with Gasteiger partial charge in [0.2, 0.25) is 15.9 Å². The quantitative estimate of drug-likeness (QED) is 0.569. The Labute approximate surface area is 163 Å². The molecule has 1 unspecified atom stereocenters. The van der Waals surface area contributed by atoms with E-state index in [-0.39, 0.29) is 12.5 Å². The van der Waals surface area contributed by atoms with Crippen molar-refractivity contribution in [3.05, 3.63) is 29.3 Å². The van der Waals surface area contributed by atoms with Crippen molar-refractivity contribution >= 4 is 33.2 Å². The molecular formula is C19H31ClN2O3S. The Balaban J connectivity index is 2.53. The highest BCUT2D eigenvalue weighted by Crippen LogP contribution is 2.27. The van der Waals surface area contributed by atoms with Gasteiger partial charge in [-0.1, -0.05) is 56.8 Å². The van der Waals surface area contributed by atoms with Gasteiger partial charge in [-0.05, 0) is 30.9 Å². The molecule has 0 spiro atoms. The highest BCUT2D eigenvalue weighted by atomic mass is 35.5. The van der Waals surface area contributed by atoms with Gasteiger partial charge in [0, 0.05) is 19.5 Å². The van der Waals surface area contributed by atoms with E-state index in [2.05, 4.69) is 19.2 Å². The second-order valence-corrected chi connectivity index (χ2v) is 8.92. The molecule has 0 radical (unpaired) electrons. The number of unbranched alkanes of at least 4 members (excludes halogenated alkanes) is 1. The number of para-hydroxylation sites is 1. The van der Waals surface area contributed by atoms with Crippen LogP contribution in [0.3, 0.4) is 0 Å². The summed E-state index contributed by atoms with van der Waals surface area (Å²) in [6.45, 7) is 5.22. The van der Waals surface area contributed by atoms with Crippen LogP contribution >= 0.6 is 11.6 Å². The van der Waals surface area contributed by atoms with Crippen molar-refractivity contribution in [1.29, 1.82) is 0 Å². The van der Waals surface area contributed by atoms with Crippen LogP contribution in [0.15, 0.2) is 24.3 Å². The molecule has 7 heteroatoms. The van der Waals surface area contributed by atoms with Crippen molar-refractivity contribution in [2.45, 2.75) is 52.4 Å². The third kappa shape index (κ3) is 7.96. The molecule has 0 aliphatic heterocycles. The summed E-state index contributed by atoms with van der Waals surface area (Å²) in [6, 6.07) is 6.82. The summed E-state index contributed by atoms with van der Waals surface area (Å²) >= 11 is 6.12. The molecule has 5 nitrogen and oxygen atoms in total. The number of hydrogen-bond acceptors (Lipinski definition) is 3. The molecule has 0 fully saturated rings. The summed E-state index contributed by atoms with van der Waals surface area (Å²) in [7, 11) is -3.46. The van der Waals surface area contributed by atoms with Crippen LogP contribution in [0.4, 0.5) is 5.69 Å². The zero-order valence-electron chi connectivity index (χ0n) is 16.0. The molecular weight excluding hydrogens is 372 g/mol. The molecule has 1 aromatic carbocycles. The van der Waals surface area contributed by atoms with Gasteiger partial charge in [-0.3, -0.25) is 9.10 Å². The topological polar surface area (TPSA) is 66.5 Å². The van der Waals surface area contributed by atoms with E-state index in [1.807, 2.05) is 0 Å². The lowest BCUT2D eigenvalue weighted by Crippen LogP contribution is -2.33. The van der Waals surface area contributed by atoms with E-state index >= 15 is 0 Å². The lowest BCUT2D eigenvalue weighted by atomic mass is 9.99. The fraction of sp³-hybridized carbons (Fsp3) is 0.632. The van der Waals surface area contributed by atoms with Crippen LogP contribution in [0, 0.1) is 5.92 Å². The number of nitrogens with zero attached hydrogens (tertiary/aromatic N) is 1. The molecule has 0 aromatic heterocycles. The van der Waals surface area contributed by atoms with Gasteiger partial charge in [0.1, 0.15) is 0 Å². The van der Waals surface area contributed by atoms with Gasteiger partial charge in [-0.2, -0.15) is 0 Å². The minimum atomic E-state index is -3.46. The van der Waals surface area contributed by atoms with E-state index in [1.165, 1.54) is 10.7 Å². The van der Waals surface area contributed by atoms with Gasteiger partial charge >= 0.3 is 0 Å². The summed E-state index contributed by atoms with van der Waals surface area (Å²) < 4.78 is 25.4. The monoisotopic (exact) mass is 402 g/mol. The van der Waals surface area contributed by atoms with Crippen molar-refractivity contribution in [2.75, 3.05) is 23.7 Å². The number of amides is 1. The highest BCUT2D eigenvalue weighted by Gasteiger charge is 2.19. The Bertz CT molecular complexity index is 665. The lowest BCUT2D eigenvalue weighted by Gasteiger charge is -2.23. The number of carbonyl (C=O) groups excluding carboxylic acids is 1. The van der Waals surface area contributed by atoms with E-state index in [0.717, 1.165) is 25.5 Å². The Kier molecular flexibility index (Phi) is 10.0. The van der Waals surface area contributed by atoms with E-state index in [0.29, 0.717) is 36.0 Å². The van der Waals surface area contributed by atoms with Gasteiger partial charge in [-0.25, -0.2) is 8.42 Å². The maximum absolute atomic E-state index is 12.1. The maximum Gasteiger partial charge on any atom is 0.232 e. The van der Waals surface area contributed by atoms with Crippen LogP contribution in [0.1, 0.15) is 52.4 Å². The van der Waals surface area contributed by atoms with E-state index in [4.69, 9.17) is 11.6 Å². The van der Waals surface area contributed by atoms with Crippen molar-refractivity contribution in [1.82, 2.24) is 5.32 Å². The minimum absolute atomic E-state index is 0.0347. The van der Waals surface area contributed by atoms with Crippen molar-refractivity contribution in [2.24, 2.45) is 5.92 Å². The molecule has 0 saturated heterocycles. The zero-order chi connectivity index (χ0) is 19.6. The Morgan fingerprint density at radius 2 is 1.92 bits per heavy atom. The number of benzene rings is 1. The molecule has 1 atom stereocenters. The Morgan fingerprint density at radius 1 is 1.23 bits per heavy atom. The van der Waals surface area contributed by atoms with Crippen molar-refractivity contribution in [3.63, 3.8) is 0 Å². The number of rotatable bonds is 12. The molecule has 1 N–H and O–H groups in total. The number of sulfonamides is 1. The minimum Gasteiger partial charge on any atom is -0.356 e. The molecule has 1 rings (SSSR count). The zero-order valence-corrected chi connectivity index (χ0v) is 17.6. The van der Waals surface area contributed by atoms with Gasteiger partial charge in [-0.15, -0.1) is 0 Å². The van der Waals surface area contributed by atoms with Gasteiger partial charge in [0.05, 0.1) is 17.0 Å². The number of anilines is 1. The van der Waals surface area contributed by atoms with E-state index in [9.17, 15) is 13.2 Å². The molecule has 1 amide bonds. The third-order valence-corrected chi connectivity index (χ3v) is 5.92. The molecule has 26 heavy (non-hydrogen) atoms. The largest absolute Gasteiger partial charge is 0.356 e. The first-order chi connectivity index (χ1) is 12.3. The van der Waals surface area contributed by atoms with Gasteiger partial charge < -0.3 is 5.32 Å². The van der Waals surface area contributed by atoms with Crippen LogP contribution < -0.4 is 9.62 Å². The normalized spacial score (nSPS) is 12.6. The van der Waals surface area contributed by atoms with Gasteiger partial charge in [0.25, 0.3) is 0 Å². The Morgan fingerprint density at radius 3 is 2.50 bits per heavy atom. The molecule has 0 saturated carbocycles. The predicted molar refractivity (Wildman–Crippen MR) is 109 cm³/mol. The average molecular weight is 403 g/mol. The molecule has 0 bridgehead atoms. The third-order valence-electron chi connectivity index (χ3n) is 4.42. The van der Waals surface area contributed by atoms with Crippen molar-refractivity contribution in [3.8, 4) is 0 Å². The van der Waals surface area contributed by atoms with Crippen LogP contribution in [-0.2, 0) is 14.8 Å². The van der Waals surface area contributed by atoms with Gasteiger partial charge in [0.15, 0.2) is 0 Å². The highest BCUT2D eigenvalue weighted by molar-refractivity contribution is 7.92. The second-order valence-electron chi connectivity index (χ2n) is 6.61. The molecule has 0 aliphatic carbocycles. The number of halogens is 1. The summed E-state index contributed by atoms with van der Waals surface area (Å²) in [5, 5.41) is 3.35. The molecule has 0 heterocycles. The second kappa shape index (κ2) is 11.4. The van der Waals surface area contributed by atoms with Crippen LogP contribution in [-0.4, -0.2) is 33.7 Å². The first-order valence-electron chi connectivity index (χ1n) is 9.28. The summed E-state index contributed by atoms with van der Waals surface area (Å²) in [6.07, 6.45) is 6.40. The van der Waals surface area contributed by atoms with E-state index in [1.54, 1.807) is 24.3 Å². The predicted octanol–water partition coefficient (Wildman–Crippen LogP) is 4.22. The summed E-state index contributed by atoms with van der Waals surface area (Å²) in [5.41, 5.74) is 0.447. The first kappa shape index (κ1) is 22.8. The fourth-order valence-corrected chi connectivity index (χ4v) is 4.06. The number of carbonyl (C=O) groups is 1. The fourth-order valence-electron chi connectivity index (χ4n) is 2.79.